The van der Waals surface area contributed by atoms with Crippen molar-refractivity contribution in [2.75, 3.05) is 6.26 Å². The summed E-state index contributed by atoms with van der Waals surface area (Å²) < 4.78 is 5.53. The fourth-order valence-electron chi connectivity index (χ4n) is 0.548. The quantitative estimate of drug-likeness (QED) is 0.828. The molecule has 0 aliphatic rings. The number of rotatable bonds is 2. The second kappa shape index (κ2) is 3.47. The predicted octanol–water partition coefficient (Wildman–Crippen LogP) is 1.44. The minimum Gasteiger partial charge on any atom is -0.381 e. The topological polar surface area (TPSA) is 46.0 Å². The summed E-state index contributed by atoms with van der Waals surface area (Å²) in [5.74, 6) is 1.48. The highest BCUT2D eigenvalue weighted by Crippen LogP contribution is 2.12. The Morgan fingerprint density at radius 1 is 1.80 bits per heavy atom. The van der Waals surface area contributed by atoms with Gasteiger partial charge in [-0.1, -0.05) is 0 Å². The first kappa shape index (κ1) is 8.19. The van der Waals surface area contributed by atoms with Crippen molar-refractivity contribution in [3.63, 3.8) is 0 Å². The lowest BCUT2D eigenvalue weighted by Gasteiger charge is -1.87. The van der Waals surface area contributed by atoms with Crippen LogP contribution in [0.25, 0.3) is 0 Å². The third kappa shape index (κ3) is 1.57. The Hall–Kier alpha value is 0.0900. The van der Waals surface area contributed by atoms with Crippen molar-refractivity contribution in [1.82, 2.24) is 5.16 Å². The smallest absolute Gasteiger partial charge is 0.293 e. The molecule has 0 aromatic carbocycles. The zero-order valence-corrected chi connectivity index (χ0v) is 8.28. The lowest BCUT2D eigenvalue weighted by atomic mass is 10.5. The van der Waals surface area contributed by atoms with E-state index < -0.39 is 0 Å². The maximum Gasteiger partial charge on any atom is 0.293 e. The number of aromatic nitrogens is 1. The molecule has 0 radical (unpaired) electrons. The summed E-state index contributed by atoms with van der Waals surface area (Å²) in [5, 5.41) is 2.27. The van der Waals surface area contributed by atoms with Gasteiger partial charge in [-0.2, -0.15) is 16.9 Å². The van der Waals surface area contributed by atoms with E-state index in [-0.39, 0.29) is 5.56 Å². The Morgan fingerprint density at radius 2 is 2.50 bits per heavy atom. The second-order valence-corrected chi connectivity index (χ2v) is 3.65. The zero-order chi connectivity index (χ0) is 7.56. The zero-order valence-electron chi connectivity index (χ0n) is 5.31. The lowest BCUT2D eigenvalue weighted by Crippen LogP contribution is -2.00. The molecule has 5 heteroatoms. The van der Waals surface area contributed by atoms with E-state index in [9.17, 15) is 4.79 Å². The normalized spacial score (nSPS) is 10.2. The van der Waals surface area contributed by atoms with Crippen LogP contribution in [-0.4, -0.2) is 11.4 Å². The molecule has 0 bridgehead atoms. The summed E-state index contributed by atoms with van der Waals surface area (Å²) in [6, 6.07) is 0. The van der Waals surface area contributed by atoms with E-state index in [1.807, 2.05) is 28.8 Å². The van der Waals surface area contributed by atoms with Gasteiger partial charge in [0.1, 0.15) is 3.57 Å². The largest absolute Gasteiger partial charge is 0.381 e. The van der Waals surface area contributed by atoms with Crippen molar-refractivity contribution in [3.8, 4) is 0 Å². The number of hydrogen-bond acceptors (Lipinski definition) is 3. The molecule has 0 spiro atoms. The van der Waals surface area contributed by atoms with Gasteiger partial charge in [-0.15, -0.1) is 0 Å². The molecule has 56 valence electrons. The molecule has 1 heterocycles. The number of halogens is 1. The first-order valence-corrected chi connectivity index (χ1v) is 5.07. The average Bonchev–Trinajstić information content (AvgIpc) is 2.20. The number of aromatic amines is 1. The van der Waals surface area contributed by atoms with Crippen LogP contribution in [0.1, 0.15) is 5.76 Å². The van der Waals surface area contributed by atoms with E-state index >= 15 is 0 Å². The first-order chi connectivity index (χ1) is 4.75. The summed E-state index contributed by atoms with van der Waals surface area (Å²) >= 11 is 3.60. The number of H-pyrrole nitrogens is 1. The van der Waals surface area contributed by atoms with Crippen molar-refractivity contribution < 1.29 is 4.52 Å². The van der Waals surface area contributed by atoms with Gasteiger partial charge in [0.2, 0.25) is 0 Å². The fraction of sp³-hybridized carbons (Fsp3) is 0.400. The number of hydrogen-bond donors (Lipinski definition) is 1. The van der Waals surface area contributed by atoms with Crippen LogP contribution in [-0.2, 0) is 5.75 Å². The fourth-order valence-corrected chi connectivity index (χ4v) is 1.68. The third-order valence-electron chi connectivity index (χ3n) is 0.987. The second-order valence-electron chi connectivity index (χ2n) is 1.70. The Balaban J connectivity index is 2.94. The molecule has 1 aromatic heterocycles. The van der Waals surface area contributed by atoms with Gasteiger partial charge in [0, 0.05) is 0 Å². The lowest BCUT2D eigenvalue weighted by molar-refractivity contribution is 0.389. The van der Waals surface area contributed by atoms with E-state index in [0.717, 1.165) is 11.5 Å². The molecule has 3 nitrogen and oxygen atoms in total. The molecule has 0 saturated heterocycles. The molecular formula is C5H6INO2S. The van der Waals surface area contributed by atoms with Crippen molar-refractivity contribution in [1.29, 1.82) is 0 Å². The Labute approximate surface area is 75.7 Å². The van der Waals surface area contributed by atoms with Crippen LogP contribution in [0.4, 0.5) is 0 Å². The Morgan fingerprint density at radius 3 is 2.90 bits per heavy atom. The summed E-state index contributed by atoms with van der Waals surface area (Å²) in [6.45, 7) is 0. The van der Waals surface area contributed by atoms with E-state index in [1.165, 1.54) is 0 Å². The summed E-state index contributed by atoms with van der Waals surface area (Å²) in [7, 11) is 0. The maximum absolute atomic E-state index is 10.7. The average molecular weight is 271 g/mol. The minimum absolute atomic E-state index is 0.135. The first-order valence-electron chi connectivity index (χ1n) is 2.60. The van der Waals surface area contributed by atoms with Crippen molar-refractivity contribution in [2.24, 2.45) is 0 Å². The molecule has 0 aliphatic heterocycles. The van der Waals surface area contributed by atoms with E-state index in [0.29, 0.717) is 3.57 Å². The van der Waals surface area contributed by atoms with Crippen LogP contribution in [0.15, 0.2) is 9.32 Å². The van der Waals surface area contributed by atoms with Gasteiger partial charge in [0.25, 0.3) is 5.56 Å². The molecule has 0 atom stereocenters. The van der Waals surface area contributed by atoms with Crippen LogP contribution in [0.3, 0.4) is 0 Å². The highest BCUT2D eigenvalue weighted by atomic mass is 127. The molecule has 0 fully saturated rings. The number of nitrogens with one attached hydrogen (secondary N) is 1. The highest BCUT2D eigenvalue weighted by molar-refractivity contribution is 14.1. The van der Waals surface area contributed by atoms with Crippen LogP contribution in [0, 0.1) is 3.57 Å². The van der Waals surface area contributed by atoms with Crippen LogP contribution in [0.2, 0.25) is 0 Å². The van der Waals surface area contributed by atoms with Crippen molar-refractivity contribution in [2.45, 2.75) is 5.75 Å². The van der Waals surface area contributed by atoms with Gasteiger partial charge in [0.05, 0.1) is 5.75 Å². The molecular weight excluding hydrogens is 265 g/mol. The third-order valence-corrected chi connectivity index (χ3v) is 2.63. The molecule has 0 aliphatic carbocycles. The molecule has 1 N–H and O–H groups in total. The van der Waals surface area contributed by atoms with E-state index in [1.54, 1.807) is 11.8 Å². The predicted molar refractivity (Wildman–Crippen MR) is 49.3 cm³/mol. The van der Waals surface area contributed by atoms with E-state index in [4.69, 9.17) is 4.52 Å². The Kier molecular flexibility index (Phi) is 2.84. The van der Waals surface area contributed by atoms with Gasteiger partial charge in [0.15, 0.2) is 5.76 Å². The molecule has 0 amide bonds. The highest BCUT2D eigenvalue weighted by Gasteiger charge is 2.06. The molecule has 10 heavy (non-hydrogen) atoms. The molecule has 0 saturated carbocycles. The van der Waals surface area contributed by atoms with Gasteiger partial charge in [-0.05, 0) is 28.8 Å². The van der Waals surface area contributed by atoms with Gasteiger partial charge < -0.3 is 4.52 Å². The molecule has 0 unspecified atom stereocenters. The van der Waals surface area contributed by atoms with Crippen LogP contribution in [0.5, 0.6) is 0 Å². The van der Waals surface area contributed by atoms with Gasteiger partial charge >= 0.3 is 0 Å². The van der Waals surface area contributed by atoms with Crippen molar-refractivity contribution >= 4 is 34.4 Å². The SMILES string of the molecule is CSCc1o[nH]c(=O)c1I. The molecule has 1 aromatic rings. The van der Waals surface area contributed by atoms with E-state index in [2.05, 4.69) is 5.16 Å². The summed E-state index contributed by atoms with van der Waals surface area (Å²) in [5.41, 5.74) is -0.135. The monoisotopic (exact) mass is 271 g/mol. The van der Waals surface area contributed by atoms with Gasteiger partial charge in [-0.3, -0.25) is 4.79 Å². The van der Waals surface area contributed by atoms with Crippen molar-refractivity contribution in [3.05, 3.63) is 19.7 Å². The standard InChI is InChI=1S/C5H6INO2S/c1-10-2-3-4(6)5(8)7-9-3/h2H2,1H3,(H,7,8). The minimum atomic E-state index is -0.135. The number of thioether (sulfide) groups is 1. The Bertz CT molecular complexity index is 267. The van der Waals surface area contributed by atoms with Crippen LogP contribution >= 0.6 is 34.4 Å². The molecule has 1 rings (SSSR count). The summed E-state index contributed by atoms with van der Waals surface area (Å²) in [6.07, 6.45) is 1.96. The van der Waals surface area contributed by atoms with Crippen LogP contribution < -0.4 is 5.56 Å². The maximum atomic E-state index is 10.7. The summed E-state index contributed by atoms with van der Waals surface area (Å²) in [4.78, 5) is 10.7. The van der Waals surface area contributed by atoms with Gasteiger partial charge in [-0.25, -0.2) is 0 Å².